The fraction of sp³-hybridized carbons (Fsp3) is 0.100. The summed E-state index contributed by atoms with van der Waals surface area (Å²) in [6.07, 6.45) is 0. The van der Waals surface area contributed by atoms with Crippen molar-refractivity contribution >= 4 is 0 Å². The Morgan fingerprint density at radius 3 is 1.79 bits per heavy atom. The molecule has 0 aliphatic rings. The summed E-state index contributed by atoms with van der Waals surface area (Å²) >= 11 is 0. The van der Waals surface area contributed by atoms with Gasteiger partial charge in [-0.05, 0) is 47.5 Å². The van der Waals surface area contributed by atoms with E-state index in [1.54, 1.807) is 0 Å². The molecule has 0 bridgehead atoms. The van der Waals surface area contributed by atoms with E-state index in [1.165, 1.54) is 12.1 Å². The second-order valence-electron chi connectivity index (χ2n) is 5.93. The number of benzene rings is 3. The Hall–Kier alpha value is -3.36. The van der Waals surface area contributed by atoms with Gasteiger partial charge < -0.3 is 14.6 Å². The first-order valence-corrected chi connectivity index (χ1v) is 8.10. The van der Waals surface area contributed by atoms with E-state index in [0.717, 1.165) is 30.3 Å². The van der Waals surface area contributed by atoms with Crippen molar-refractivity contribution in [1.82, 2.24) is 0 Å². The van der Waals surface area contributed by atoms with Gasteiger partial charge in [0.15, 0.2) is 40.5 Å². The van der Waals surface area contributed by atoms with Crippen molar-refractivity contribution in [2.24, 2.45) is 0 Å². The molecule has 0 radical (unpaired) electrons. The molecule has 0 spiro atoms. The summed E-state index contributed by atoms with van der Waals surface area (Å²) in [7, 11) is 0. The van der Waals surface area contributed by atoms with Crippen molar-refractivity contribution in [2.45, 2.75) is 13.2 Å². The Balaban J connectivity index is 1.65. The standard InChI is InChI=1S/C20H12F6O3/c21-12-5-10(8-29-17-4-2-15(27)19(25)20(17)26)1-3-16(12)28-9-11-6-13(22)18(24)14(23)7-11/h1-7,27H,8-9H2. The van der Waals surface area contributed by atoms with Crippen molar-refractivity contribution in [2.75, 3.05) is 0 Å². The van der Waals surface area contributed by atoms with Crippen LogP contribution >= 0.6 is 0 Å². The van der Waals surface area contributed by atoms with Crippen LogP contribution in [0.2, 0.25) is 0 Å². The molecule has 152 valence electrons. The van der Waals surface area contributed by atoms with Gasteiger partial charge in [0, 0.05) is 0 Å². The SMILES string of the molecule is Oc1ccc(OCc2ccc(OCc3cc(F)c(F)c(F)c3)c(F)c2)c(F)c1F. The maximum Gasteiger partial charge on any atom is 0.204 e. The minimum Gasteiger partial charge on any atom is -0.505 e. The molecule has 0 saturated carbocycles. The molecule has 0 unspecified atom stereocenters. The predicted molar refractivity (Wildman–Crippen MR) is 89.4 cm³/mol. The van der Waals surface area contributed by atoms with Gasteiger partial charge in [0.05, 0.1) is 0 Å². The van der Waals surface area contributed by atoms with Crippen molar-refractivity contribution in [3.8, 4) is 17.2 Å². The van der Waals surface area contributed by atoms with E-state index in [9.17, 15) is 26.3 Å². The van der Waals surface area contributed by atoms with Crippen LogP contribution in [0.5, 0.6) is 17.2 Å². The fourth-order valence-electron chi connectivity index (χ4n) is 2.40. The molecule has 0 aromatic heterocycles. The smallest absolute Gasteiger partial charge is 0.204 e. The Morgan fingerprint density at radius 1 is 0.586 bits per heavy atom. The van der Waals surface area contributed by atoms with Crippen molar-refractivity contribution in [1.29, 1.82) is 0 Å². The van der Waals surface area contributed by atoms with Crippen LogP contribution in [0.15, 0.2) is 42.5 Å². The minimum absolute atomic E-state index is 0.0435. The van der Waals surface area contributed by atoms with E-state index < -0.39 is 53.0 Å². The zero-order chi connectivity index (χ0) is 21.1. The summed E-state index contributed by atoms with van der Waals surface area (Å²) in [5, 5.41) is 9.06. The zero-order valence-electron chi connectivity index (χ0n) is 14.5. The van der Waals surface area contributed by atoms with Crippen LogP contribution in [-0.2, 0) is 13.2 Å². The molecule has 29 heavy (non-hydrogen) atoms. The van der Waals surface area contributed by atoms with Crippen LogP contribution in [-0.4, -0.2) is 5.11 Å². The molecule has 3 aromatic carbocycles. The number of aromatic hydroxyl groups is 1. The molecule has 3 nitrogen and oxygen atoms in total. The molecule has 0 aliphatic heterocycles. The first-order valence-electron chi connectivity index (χ1n) is 8.10. The highest BCUT2D eigenvalue weighted by molar-refractivity contribution is 5.35. The predicted octanol–water partition coefficient (Wildman–Crippen LogP) is 5.38. The van der Waals surface area contributed by atoms with Crippen LogP contribution in [0, 0.1) is 34.9 Å². The van der Waals surface area contributed by atoms with Gasteiger partial charge in [-0.15, -0.1) is 0 Å². The number of rotatable bonds is 6. The number of hydrogen-bond acceptors (Lipinski definition) is 3. The summed E-state index contributed by atoms with van der Waals surface area (Å²) in [4.78, 5) is 0. The van der Waals surface area contributed by atoms with Crippen molar-refractivity contribution in [3.63, 3.8) is 0 Å². The van der Waals surface area contributed by atoms with Gasteiger partial charge in [-0.2, -0.15) is 8.78 Å². The monoisotopic (exact) mass is 414 g/mol. The molecular weight excluding hydrogens is 402 g/mol. The highest BCUT2D eigenvalue weighted by Gasteiger charge is 2.15. The second-order valence-corrected chi connectivity index (χ2v) is 5.93. The Morgan fingerprint density at radius 2 is 1.14 bits per heavy atom. The van der Waals surface area contributed by atoms with Crippen molar-refractivity contribution < 1.29 is 40.9 Å². The largest absolute Gasteiger partial charge is 0.505 e. The number of phenols is 1. The Labute approximate surface area is 160 Å². The third-order valence-corrected chi connectivity index (χ3v) is 3.86. The van der Waals surface area contributed by atoms with Crippen LogP contribution in [0.25, 0.3) is 0 Å². The summed E-state index contributed by atoms with van der Waals surface area (Å²) in [6, 6.07) is 6.97. The molecule has 3 aromatic rings. The van der Waals surface area contributed by atoms with Gasteiger partial charge >= 0.3 is 0 Å². The topological polar surface area (TPSA) is 38.7 Å². The van der Waals surface area contributed by atoms with E-state index in [4.69, 9.17) is 14.6 Å². The molecule has 0 aliphatic carbocycles. The van der Waals surface area contributed by atoms with Crippen LogP contribution in [0.1, 0.15) is 11.1 Å². The molecule has 3 rings (SSSR count). The van der Waals surface area contributed by atoms with E-state index in [1.807, 2.05) is 0 Å². The lowest BCUT2D eigenvalue weighted by atomic mass is 10.2. The highest BCUT2D eigenvalue weighted by atomic mass is 19.2. The average molecular weight is 414 g/mol. The van der Waals surface area contributed by atoms with Crippen LogP contribution < -0.4 is 9.47 Å². The summed E-state index contributed by atoms with van der Waals surface area (Å²) in [5.41, 5.74) is 0.208. The number of ether oxygens (including phenoxy) is 2. The number of hydrogen-bond donors (Lipinski definition) is 1. The van der Waals surface area contributed by atoms with Gasteiger partial charge in [-0.3, -0.25) is 0 Å². The van der Waals surface area contributed by atoms with Gasteiger partial charge in [-0.25, -0.2) is 17.6 Å². The molecule has 0 heterocycles. The first kappa shape index (κ1) is 20.4. The molecule has 0 saturated heterocycles. The molecule has 0 atom stereocenters. The van der Waals surface area contributed by atoms with Gasteiger partial charge in [0.2, 0.25) is 11.6 Å². The lowest BCUT2D eigenvalue weighted by molar-refractivity contribution is 0.276. The van der Waals surface area contributed by atoms with Gasteiger partial charge in [0.25, 0.3) is 0 Å². The van der Waals surface area contributed by atoms with E-state index >= 15 is 0 Å². The summed E-state index contributed by atoms with van der Waals surface area (Å²) in [5.74, 6) is -9.69. The van der Waals surface area contributed by atoms with Gasteiger partial charge in [0.1, 0.15) is 13.2 Å². The molecular formula is C20H12F6O3. The third-order valence-electron chi connectivity index (χ3n) is 3.86. The fourth-order valence-corrected chi connectivity index (χ4v) is 2.40. The van der Waals surface area contributed by atoms with Crippen molar-refractivity contribution in [3.05, 3.63) is 88.5 Å². The molecule has 0 amide bonds. The number of halogens is 6. The highest BCUT2D eigenvalue weighted by Crippen LogP contribution is 2.27. The maximum absolute atomic E-state index is 14.1. The maximum atomic E-state index is 14.1. The first-order chi connectivity index (χ1) is 13.8. The van der Waals surface area contributed by atoms with E-state index in [-0.39, 0.29) is 23.5 Å². The van der Waals surface area contributed by atoms with Crippen LogP contribution in [0.4, 0.5) is 26.3 Å². The van der Waals surface area contributed by atoms with Crippen LogP contribution in [0.3, 0.4) is 0 Å². The van der Waals surface area contributed by atoms with Gasteiger partial charge in [-0.1, -0.05) is 6.07 Å². The average Bonchev–Trinajstić information content (AvgIpc) is 2.69. The Bertz CT molecular complexity index is 1030. The minimum atomic E-state index is -1.62. The Kier molecular flexibility index (Phi) is 5.86. The molecule has 0 fully saturated rings. The third kappa shape index (κ3) is 4.56. The molecule has 1 N–H and O–H groups in total. The summed E-state index contributed by atoms with van der Waals surface area (Å²) in [6.45, 7) is -0.731. The number of phenolic OH excluding ortho intramolecular Hbond substituents is 1. The lowest BCUT2D eigenvalue weighted by Gasteiger charge is -2.11. The second kappa shape index (κ2) is 8.34. The normalized spacial score (nSPS) is 10.8. The quantitative estimate of drug-likeness (QED) is 0.435. The summed E-state index contributed by atoms with van der Waals surface area (Å²) < 4.78 is 90.5. The lowest BCUT2D eigenvalue weighted by Crippen LogP contribution is -2.03. The van der Waals surface area contributed by atoms with E-state index in [2.05, 4.69) is 0 Å². The zero-order valence-corrected chi connectivity index (χ0v) is 14.5. The molecule has 9 heteroatoms. The van der Waals surface area contributed by atoms with E-state index in [0.29, 0.717) is 0 Å².